The SMILES string of the molecule is CC(C)CCNCCN(C)CC1CC1. The van der Waals surface area contributed by atoms with E-state index >= 15 is 0 Å². The van der Waals surface area contributed by atoms with Crippen molar-refractivity contribution in [2.24, 2.45) is 11.8 Å². The normalized spacial score (nSPS) is 16.9. The average Bonchev–Trinajstić information content (AvgIpc) is 2.87. The third kappa shape index (κ3) is 6.39. The molecule has 1 saturated carbocycles. The fourth-order valence-corrected chi connectivity index (χ4v) is 1.62. The lowest BCUT2D eigenvalue weighted by Gasteiger charge is -2.16. The van der Waals surface area contributed by atoms with Gasteiger partial charge in [0.1, 0.15) is 0 Å². The number of likely N-dealkylation sites (N-methyl/N-ethyl adjacent to an activating group) is 1. The Morgan fingerprint density at radius 1 is 1.29 bits per heavy atom. The van der Waals surface area contributed by atoms with Crippen molar-refractivity contribution in [3.8, 4) is 0 Å². The van der Waals surface area contributed by atoms with Crippen molar-refractivity contribution in [1.82, 2.24) is 10.2 Å². The van der Waals surface area contributed by atoms with E-state index in [2.05, 4.69) is 31.1 Å². The summed E-state index contributed by atoms with van der Waals surface area (Å²) in [6.07, 6.45) is 4.22. The molecule has 2 heteroatoms. The Labute approximate surface area is 89.1 Å². The minimum absolute atomic E-state index is 0.826. The lowest BCUT2D eigenvalue weighted by atomic mass is 10.1. The van der Waals surface area contributed by atoms with Crippen LogP contribution in [0.2, 0.25) is 0 Å². The Bertz CT molecular complexity index is 141. The number of nitrogens with zero attached hydrogens (tertiary/aromatic N) is 1. The van der Waals surface area contributed by atoms with Crippen molar-refractivity contribution in [2.75, 3.05) is 33.2 Å². The molecule has 0 aliphatic heterocycles. The van der Waals surface area contributed by atoms with Crippen molar-refractivity contribution in [1.29, 1.82) is 0 Å². The highest BCUT2D eigenvalue weighted by atomic mass is 15.1. The second-order valence-electron chi connectivity index (χ2n) is 5.14. The second-order valence-corrected chi connectivity index (χ2v) is 5.14. The first-order chi connectivity index (χ1) is 6.68. The molecule has 1 rings (SSSR count). The van der Waals surface area contributed by atoms with Gasteiger partial charge in [0.25, 0.3) is 0 Å². The molecule has 0 radical (unpaired) electrons. The highest BCUT2D eigenvalue weighted by Gasteiger charge is 2.22. The van der Waals surface area contributed by atoms with Gasteiger partial charge >= 0.3 is 0 Å². The molecule has 0 unspecified atom stereocenters. The molecule has 84 valence electrons. The molecule has 0 aromatic rings. The predicted octanol–water partition coefficient (Wildman–Crippen LogP) is 1.96. The summed E-state index contributed by atoms with van der Waals surface area (Å²) >= 11 is 0. The molecular formula is C12H26N2. The van der Waals surface area contributed by atoms with Crippen LogP contribution >= 0.6 is 0 Å². The largest absolute Gasteiger partial charge is 0.315 e. The van der Waals surface area contributed by atoms with Crippen LogP contribution in [-0.4, -0.2) is 38.1 Å². The minimum Gasteiger partial charge on any atom is -0.315 e. The van der Waals surface area contributed by atoms with Gasteiger partial charge < -0.3 is 10.2 Å². The minimum atomic E-state index is 0.826. The van der Waals surface area contributed by atoms with E-state index in [0.717, 1.165) is 18.4 Å². The number of nitrogens with one attached hydrogen (secondary N) is 1. The smallest absolute Gasteiger partial charge is 0.0104 e. The molecule has 0 atom stereocenters. The molecule has 0 heterocycles. The standard InChI is InChI=1S/C12H26N2/c1-11(2)6-7-13-8-9-14(3)10-12-4-5-12/h11-13H,4-10H2,1-3H3. The molecule has 0 bridgehead atoms. The summed E-state index contributed by atoms with van der Waals surface area (Å²) < 4.78 is 0. The number of hydrogen-bond acceptors (Lipinski definition) is 2. The van der Waals surface area contributed by atoms with Crippen LogP contribution in [0.5, 0.6) is 0 Å². The van der Waals surface area contributed by atoms with E-state index < -0.39 is 0 Å². The van der Waals surface area contributed by atoms with Gasteiger partial charge in [-0.1, -0.05) is 13.8 Å². The summed E-state index contributed by atoms with van der Waals surface area (Å²) in [4.78, 5) is 2.46. The van der Waals surface area contributed by atoms with E-state index in [-0.39, 0.29) is 0 Å². The van der Waals surface area contributed by atoms with Crippen molar-refractivity contribution in [3.05, 3.63) is 0 Å². The maximum Gasteiger partial charge on any atom is 0.0104 e. The van der Waals surface area contributed by atoms with Crippen molar-refractivity contribution in [2.45, 2.75) is 33.1 Å². The summed E-state index contributed by atoms with van der Waals surface area (Å²) in [5.74, 6) is 1.85. The van der Waals surface area contributed by atoms with Gasteiger partial charge in [-0.05, 0) is 44.7 Å². The summed E-state index contributed by atoms with van der Waals surface area (Å²) in [7, 11) is 2.24. The van der Waals surface area contributed by atoms with Crippen LogP contribution in [-0.2, 0) is 0 Å². The van der Waals surface area contributed by atoms with E-state index in [0.29, 0.717) is 0 Å². The zero-order chi connectivity index (χ0) is 10.4. The lowest BCUT2D eigenvalue weighted by Crippen LogP contribution is -2.31. The van der Waals surface area contributed by atoms with Gasteiger partial charge in [-0.25, -0.2) is 0 Å². The van der Waals surface area contributed by atoms with Gasteiger partial charge in [-0.3, -0.25) is 0 Å². The molecule has 0 aromatic heterocycles. The van der Waals surface area contributed by atoms with Crippen LogP contribution in [0.1, 0.15) is 33.1 Å². The summed E-state index contributed by atoms with van der Waals surface area (Å²) in [5.41, 5.74) is 0. The molecule has 2 nitrogen and oxygen atoms in total. The fraction of sp³-hybridized carbons (Fsp3) is 1.00. The van der Waals surface area contributed by atoms with E-state index in [9.17, 15) is 0 Å². The molecule has 0 amide bonds. The van der Waals surface area contributed by atoms with Crippen molar-refractivity contribution in [3.63, 3.8) is 0 Å². The van der Waals surface area contributed by atoms with Crippen molar-refractivity contribution < 1.29 is 0 Å². The summed E-state index contributed by atoms with van der Waals surface area (Å²) in [6, 6.07) is 0. The maximum absolute atomic E-state index is 3.50. The van der Waals surface area contributed by atoms with Crippen molar-refractivity contribution >= 4 is 0 Å². The molecule has 1 aliphatic carbocycles. The van der Waals surface area contributed by atoms with E-state index in [1.54, 1.807) is 0 Å². The van der Waals surface area contributed by atoms with Gasteiger partial charge in [0, 0.05) is 19.6 Å². The predicted molar refractivity (Wildman–Crippen MR) is 62.5 cm³/mol. The lowest BCUT2D eigenvalue weighted by molar-refractivity contribution is 0.317. The molecule has 1 N–H and O–H groups in total. The average molecular weight is 198 g/mol. The molecule has 0 aromatic carbocycles. The molecule has 1 aliphatic rings. The fourth-order valence-electron chi connectivity index (χ4n) is 1.62. The van der Waals surface area contributed by atoms with Gasteiger partial charge in [0.05, 0.1) is 0 Å². The number of hydrogen-bond donors (Lipinski definition) is 1. The Kier molecular flexibility index (Phi) is 5.49. The first-order valence-electron chi connectivity index (χ1n) is 6.07. The third-order valence-electron chi connectivity index (χ3n) is 2.84. The highest BCUT2D eigenvalue weighted by molar-refractivity contribution is 4.76. The highest BCUT2D eigenvalue weighted by Crippen LogP contribution is 2.29. The summed E-state index contributed by atoms with van der Waals surface area (Å²) in [5, 5.41) is 3.50. The van der Waals surface area contributed by atoms with Crippen LogP contribution in [0, 0.1) is 11.8 Å². The van der Waals surface area contributed by atoms with Gasteiger partial charge in [-0.15, -0.1) is 0 Å². The van der Waals surface area contributed by atoms with Gasteiger partial charge in [0.15, 0.2) is 0 Å². The van der Waals surface area contributed by atoms with Crippen LogP contribution in [0.15, 0.2) is 0 Å². The molecule has 0 saturated heterocycles. The Morgan fingerprint density at radius 2 is 2.00 bits per heavy atom. The van der Waals surface area contributed by atoms with E-state index in [4.69, 9.17) is 0 Å². The third-order valence-corrected chi connectivity index (χ3v) is 2.84. The maximum atomic E-state index is 3.50. The van der Waals surface area contributed by atoms with Gasteiger partial charge in [-0.2, -0.15) is 0 Å². The Balaban J connectivity index is 1.82. The van der Waals surface area contributed by atoms with Gasteiger partial charge in [0.2, 0.25) is 0 Å². The molecule has 1 fully saturated rings. The van der Waals surface area contributed by atoms with E-state index in [1.807, 2.05) is 0 Å². The summed E-state index contributed by atoms with van der Waals surface area (Å²) in [6.45, 7) is 9.40. The first kappa shape index (κ1) is 12.0. The Morgan fingerprint density at radius 3 is 2.57 bits per heavy atom. The monoisotopic (exact) mass is 198 g/mol. The topological polar surface area (TPSA) is 15.3 Å². The second kappa shape index (κ2) is 6.41. The van der Waals surface area contributed by atoms with Crippen LogP contribution in [0.25, 0.3) is 0 Å². The number of rotatable bonds is 8. The first-order valence-corrected chi connectivity index (χ1v) is 6.07. The zero-order valence-electron chi connectivity index (χ0n) is 10.1. The molecule has 0 spiro atoms. The quantitative estimate of drug-likeness (QED) is 0.600. The van der Waals surface area contributed by atoms with Crippen LogP contribution < -0.4 is 5.32 Å². The van der Waals surface area contributed by atoms with Crippen LogP contribution in [0.4, 0.5) is 0 Å². The molecular weight excluding hydrogens is 172 g/mol. The van der Waals surface area contributed by atoms with Crippen LogP contribution in [0.3, 0.4) is 0 Å². The zero-order valence-corrected chi connectivity index (χ0v) is 10.1. The molecule has 14 heavy (non-hydrogen) atoms. The van der Waals surface area contributed by atoms with E-state index in [1.165, 1.54) is 38.9 Å². The Hall–Kier alpha value is -0.0800.